The Balaban J connectivity index is 1.55. The zero-order chi connectivity index (χ0) is 19.0. The van der Waals surface area contributed by atoms with Gasteiger partial charge in [0, 0.05) is 18.2 Å². The molecule has 2 heterocycles. The van der Waals surface area contributed by atoms with Crippen molar-refractivity contribution in [3.05, 3.63) is 53.2 Å². The van der Waals surface area contributed by atoms with Gasteiger partial charge in [-0.25, -0.2) is 4.98 Å². The van der Waals surface area contributed by atoms with Crippen LogP contribution in [0.15, 0.2) is 36.5 Å². The van der Waals surface area contributed by atoms with Crippen molar-refractivity contribution >= 4 is 17.5 Å². The number of aryl methyl sites for hydroxylation is 1. The van der Waals surface area contributed by atoms with E-state index in [0.717, 1.165) is 36.9 Å². The van der Waals surface area contributed by atoms with Crippen LogP contribution in [0.1, 0.15) is 34.3 Å². The van der Waals surface area contributed by atoms with Crippen molar-refractivity contribution in [2.75, 3.05) is 18.7 Å². The number of hydrogen-bond acceptors (Lipinski definition) is 5. The Kier molecular flexibility index (Phi) is 4.31. The van der Waals surface area contributed by atoms with Gasteiger partial charge in [-0.3, -0.25) is 14.8 Å². The number of anilines is 1. The van der Waals surface area contributed by atoms with Gasteiger partial charge < -0.3 is 10.1 Å². The van der Waals surface area contributed by atoms with Crippen molar-refractivity contribution in [2.45, 2.75) is 25.7 Å². The minimum Gasteiger partial charge on any atom is -0.481 e. The van der Waals surface area contributed by atoms with Crippen molar-refractivity contribution in [3.8, 4) is 5.88 Å². The van der Waals surface area contributed by atoms with E-state index in [9.17, 15) is 14.8 Å². The van der Waals surface area contributed by atoms with Crippen LogP contribution < -0.4 is 15.1 Å². The number of rotatable bonds is 3. The van der Waals surface area contributed by atoms with Gasteiger partial charge in [0.15, 0.2) is 0 Å². The van der Waals surface area contributed by atoms with Gasteiger partial charge >= 0.3 is 0 Å². The highest BCUT2D eigenvalue weighted by Crippen LogP contribution is 2.41. The van der Waals surface area contributed by atoms with E-state index in [1.54, 1.807) is 18.2 Å². The molecule has 0 saturated carbocycles. The molecule has 1 aliphatic carbocycles. The van der Waals surface area contributed by atoms with E-state index in [1.165, 1.54) is 13.3 Å². The number of benzene rings is 1. The summed E-state index contributed by atoms with van der Waals surface area (Å²) >= 11 is 0. The van der Waals surface area contributed by atoms with Gasteiger partial charge in [-0.1, -0.05) is 6.07 Å². The highest BCUT2D eigenvalue weighted by atomic mass is 16.5. The molecule has 1 aromatic carbocycles. The van der Waals surface area contributed by atoms with Crippen molar-refractivity contribution in [1.82, 2.24) is 10.3 Å². The molecule has 4 rings (SSSR count). The molecule has 1 saturated heterocycles. The minimum absolute atomic E-state index is 0.141. The first-order chi connectivity index (χ1) is 13.0. The number of aromatic nitrogens is 1. The number of nitrogens with zero attached hydrogens (tertiary/aromatic N) is 2. The predicted molar refractivity (Wildman–Crippen MR) is 97.9 cm³/mol. The molecule has 140 valence electrons. The van der Waals surface area contributed by atoms with E-state index in [-0.39, 0.29) is 17.0 Å². The van der Waals surface area contributed by atoms with Crippen molar-refractivity contribution in [3.63, 3.8) is 0 Å². The van der Waals surface area contributed by atoms with Crippen molar-refractivity contribution in [2.24, 2.45) is 5.41 Å². The Labute approximate surface area is 156 Å². The quantitative estimate of drug-likeness (QED) is 0.640. The number of methoxy groups -OCH3 is 1. The lowest BCUT2D eigenvalue weighted by molar-refractivity contribution is -0.128. The van der Waals surface area contributed by atoms with Crippen molar-refractivity contribution < 1.29 is 19.5 Å². The lowest BCUT2D eigenvalue weighted by Crippen LogP contribution is -2.36. The molecule has 7 nitrogen and oxygen atoms in total. The maximum absolute atomic E-state index is 12.6. The van der Waals surface area contributed by atoms with Crippen LogP contribution in [0.3, 0.4) is 0 Å². The molecule has 1 fully saturated rings. The Hall–Kier alpha value is -2.93. The van der Waals surface area contributed by atoms with Crippen LogP contribution in [0.5, 0.6) is 5.88 Å². The first-order valence-corrected chi connectivity index (χ1v) is 8.96. The molecule has 2 aliphatic rings. The summed E-state index contributed by atoms with van der Waals surface area (Å²) in [5.74, 6) is 0.0174. The van der Waals surface area contributed by atoms with Crippen molar-refractivity contribution in [1.29, 1.82) is 0 Å². The summed E-state index contributed by atoms with van der Waals surface area (Å²) in [5.41, 5.74) is 2.54. The fraction of sp³-hybridized carbons (Fsp3) is 0.350. The molecule has 1 aromatic heterocycles. The summed E-state index contributed by atoms with van der Waals surface area (Å²) in [6.45, 7) is 0.736. The molecular weight excluding hydrogens is 346 g/mol. The first kappa shape index (κ1) is 17.5. The number of carbonyl (C=O) groups is 2. The number of amides is 2. The van der Waals surface area contributed by atoms with E-state index >= 15 is 0 Å². The molecular formula is C20H21N3O4. The summed E-state index contributed by atoms with van der Waals surface area (Å²) in [7, 11) is 1.50. The monoisotopic (exact) mass is 367 g/mol. The summed E-state index contributed by atoms with van der Waals surface area (Å²) in [6.07, 6.45) is 4.47. The van der Waals surface area contributed by atoms with Crippen LogP contribution in [-0.2, 0) is 17.6 Å². The lowest BCUT2D eigenvalue weighted by Gasteiger charge is -2.32. The Bertz CT molecular complexity index is 897. The number of pyridine rings is 1. The van der Waals surface area contributed by atoms with E-state index in [2.05, 4.69) is 10.3 Å². The van der Waals surface area contributed by atoms with Gasteiger partial charge in [0.2, 0.25) is 11.8 Å². The summed E-state index contributed by atoms with van der Waals surface area (Å²) in [5, 5.41) is 13.8. The van der Waals surface area contributed by atoms with Crippen LogP contribution in [0.2, 0.25) is 0 Å². The molecule has 0 radical (unpaired) electrons. The largest absolute Gasteiger partial charge is 0.481 e. The van der Waals surface area contributed by atoms with Crippen LogP contribution in [-0.4, -0.2) is 35.7 Å². The molecule has 0 bridgehead atoms. The molecule has 1 spiro atoms. The number of carbonyl (C=O) groups excluding carboxylic acids is 2. The van der Waals surface area contributed by atoms with E-state index in [4.69, 9.17) is 4.74 Å². The topological polar surface area (TPSA) is 91.8 Å². The van der Waals surface area contributed by atoms with E-state index < -0.39 is 5.91 Å². The molecule has 0 unspecified atom stereocenters. The fourth-order valence-electron chi connectivity index (χ4n) is 3.97. The second-order valence-electron chi connectivity index (χ2n) is 7.12. The number of fused-ring (bicyclic) bond motifs is 1. The molecule has 2 aromatic rings. The Morgan fingerprint density at radius 2 is 2.11 bits per heavy atom. The Morgan fingerprint density at radius 1 is 1.26 bits per heavy atom. The normalized spacial score (nSPS) is 20.9. The zero-order valence-corrected chi connectivity index (χ0v) is 15.1. The summed E-state index contributed by atoms with van der Waals surface area (Å²) in [4.78, 5) is 28.8. The molecule has 2 N–H and O–H groups in total. The smallest absolute Gasteiger partial charge is 0.282 e. The van der Waals surface area contributed by atoms with Gasteiger partial charge in [0.1, 0.15) is 0 Å². The van der Waals surface area contributed by atoms with Crippen LogP contribution in [0, 0.1) is 5.41 Å². The standard InChI is InChI=1S/C20H21N3O4/c1-27-17-5-4-16(12-22-17)23(26)18(24)14-2-3-15-11-20(7-6-13(15)10-14)8-9-21-19(20)25/h2-5,10,12,26H,6-9,11H2,1H3,(H,21,25)/t20-/m1/s1. The van der Waals surface area contributed by atoms with Crippen LogP contribution in [0.4, 0.5) is 5.69 Å². The average Bonchev–Trinajstić information content (AvgIpc) is 3.06. The van der Waals surface area contributed by atoms with Gasteiger partial charge in [-0.15, -0.1) is 0 Å². The fourth-order valence-corrected chi connectivity index (χ4v) is 3.97. The average molecular weight is 367 g/mol. The number of ether oxygens (including phenoxy) is 1. The van der Waals surface area contributed by atoms with E-state index in [0.29, 0.717) is 22.9 Å². The third-order valence-corrected chi connectivity index (χ3v) is 5.59. The summed E-state index contributed by atoms with van der Waals surface area (Å²) < 4.78 is 4.98. The Morgan fingerprint density at radius 3 is 2.78 bits per heavy atom. The van der Waals surface area contributed by atoms with Gasteiger partial charge in [-0.2, -0.15) is 5.06 Å². The molecule has 27 heavy (non-hydrogen) atoms. The van der Waals surface area contributed by atoms with Gasteiger partial charge in [0.25, 0.3) is 5.91 Å². The summed E-state index contributed by atoms with van der Waals surface area (Å²) in [6, 6.07) is 8.55. The first-order valence-electron chi connectivity index (χ1n) is 8.96. The molecule has 1 atom stereocenters. The second kappa shape index (κ2) is 6.66. The maximum atomic E-state index is 12.6. The minimum atomic E-state index is -0.524. The highest BCUT2D eigenvalue weighted by Gasteiger charge is 2.44. The van der Waals surface area contributed by atoms with E-state index in [1.807, 2.05) is 12.1 Å². The maximum Gasteiger partial charge on any atom is 0.282 e. The van der Waals surface area contributed by atoms with Crippen LogP contribution >= 0.6 is 0 Å². The zero-order valence-electron chi connectivity index (χ0n) is 15.1. The highest BCUT2D eigenvalue weighted by molar-refractivity contribution is 6.04. The third-order valence-electron chi connectivity index (χ3n) is 5.59. The number of hydroxylamine groups is 1. The third kappa shape index (κ3) is 3.04. The van der Waals surface area contributed by atoms with Gasteiger partial charge in [0.05, 0.1) is 24.4 Å². The molecule has 7 heteroatoms. The SMILES string of the molecule is COc1ccc(N(O)C(=O)c2ccc3c(c2)CC[C@@]2(CCNC2=O)C3)cn1. The second-order valence-corrected chi connectivity index (χ2v) is 7.12. The number of nitrogens with one attached hydrogen (secondary N) is 1. The number of hydrogen-bond donors (Lipinski definition) is 2. The molecule has 1 aliphatic heterocycles. The molecule has 2 amide bonds. The van der Waals surface area contributed by atoms with Crippen LogP contribution in [0.25, 0.3) is 0 Å². The van der Waals surface area contributed by atoms with Gasteiger partial charge in [-0.05, 0) is 55.0 Å². The lowest BCUT2D eigenvalue weighted by atomic mass is 9.70. The predicted octanol–water partition coefficient (Wildman–Crippen LogP) is 2.12.